The van der Waals surface area contributed by atoms with E-state index in [4.69, 9.17) is 10.3 Å². The van der Waals surface area contributed by atoms with Crippen molar-refractivity contribution in [2.45, 2.75) is 5.16 Å². The summed E-state index contributed by atoms with van der Waals surface area (Å²) in [5.41, 5.74) is 2.34. The topological polar surface area (TPSA) is 99.0 Å². The Bertz CT molecular complexity index is 1040. The summed E-state index contributed by atoms with van der Waals surface area (Å²) in [6, 6.07) is 13.4. The Morgan fingerprint density at radius 3 is 2.88 bits per heavy atom. The van der Waals surface area contributed by atoms with Crippen LogP contribution >= 0.6 is 11.8 Å². The molecule has 3 N–H and O–H groups in total. The van der Waals surface area contributed by atoms with Crippen molar-refractivity contribution >= 4 is 45.3 Å². The smallest absolute Gasteiger partial charge is 0.234 e. The molecule has 0 aliphatic heterocycles. The van der Waals surface area contributed by atoms with E-state index in [1.54, 1.807) is 0 Å². The molecule has 2 heterocycles. The summed E-state index contributed by atoms with van der Waals surface area (Å²) in [7, 11) is 0. The number of hydrogen-bond donors (Lipinski definition) is 2. The lowest BCUT2D eigenvalue weighted by molar-refractivity contribution is -0.113. The number of benzene rings is 2. The van der Waals surface area contributed by atoms with Crippen molar-refractivity contribution in [2.24, 2.45) is 0 Å². The lowest BCUT2D eigenvalue weighted by atomic mass is 10.1. The van der Waals surface area contributed by atoms with E-state index >= 15 is 0 Å². The van der Waals surface area contributed by atoms with Gasteiger partial charge in [0, 0.05) is 16.5 Å². The van der Waals surface area contributed by atoms with Crippen molar-refractivity contribution < 1.29 is 9.21 Å². The van der Waals surface area contributed by atoms with Crippen LogP contribution < -0.4 is 11.2 Å². The number of rotatable bonds is 4. The molecular formula is C16H13N5O2S. The second kappa shape index (κ2) is 5.89. The molecule has 0 bridgehead atoms. The molecule has 0 radical (unpaired) electrons. The molecule has 1 amide bonds. The number of nitrogen functional groups attached to an aromatic ring is 1. The Balaban J connectivity index is 1.52. The molecule has 0 spiro atoms. The highest BCUT2D eigenvalue weighted by atomic mass is 32.2. The van der Waals surface area contributed by atoms with Crippen molar-refractivity contribution in [3.63, 3.8) is 0 Å². The minimum Gasteiger partial charge on any atom is -0.456 e. The Morgan fingerprint density at radius 1 is 1.21 bits per heavy atom. The highest BCUT2D eigenvalue weighted by molar-refractivity contribution is 7.99. The molecule has 120 valence electrons. The second-order valence-electron chi connectivity index (χ2n) is 5.17. The van der Waals surface area contributed by atoms with E-state index in [1.165, 1.54) is 22.8 Å². The molecule has 2 aromatic heterocycles. The van der Waals surface area contributed by atoms with Gasteiger partial charge in [0.05, 0.1) is 5.75 Å². The lowest BCUT2D eigenvalue weighted by Crippen LogP contribution is -2.15. The van der Waals surface area contributed by atoms with Gasteiger partial charge >= 0.3 is 0 Å². The summed E-state index contributed by atoms with van der Waals surface area (Å²) in [6.07, 6.45) is 1.39. The van der Waals surface area contributed by atoms with Crippen molar-refractivity contribution in [2.75, 3.05) is 16.9 Å². The van der Waals surface area contributed by atoms with Gasteiger partial charge in [-0.05, 0) is 24.3 Å². The summed E-state index contributed by atoms with van der Waals surface area (Å²) in [6.45, 7) is 0. The molecule has 4 aromatic rings. The standard InChI is InChI=1S/C16H13N5O2S/c17-21-9-18-20-16(21)24-8-15(22)19-10-5-6-14-12(7-10)11-3-1-2-4-13(11)23-14/h1-7,9H,8,17H2,(H,19,22). The van der Waals surface area contributed by atoms with Gasteiger partial charge in [-0.25, -0.2) is 4.68 Å². The van der Waals surface area contributed by atoms with Gasteiger partial charge in [0.15, 0.2) is 0 Å². The SMILES string of the molecule is Nn1cnnc1SCC(=O)Nc1ccc2oc3ccccc3c2c1. The number of hydrogen-bond acceptors (Lipinski definition) is 6. The molecule has 4 rings (SSSR count). The van der Waals surface area contributed by atoms with E-state index in [0.29, 0.717) is 10.8 Å². The third-order valence-electron chi connectivity index (χ3n) is 3.53. The van der Waals surface area contributed by atoms with Crippen molar-refractivity contribution in [3.8, 4) is 0 Å². The van der Waals surface area contributed by atoms with Gasteiger partial charge in [0.2, 0.25) is 11.1 Å². The van der Waals surface area contributed by atoms with Crippen molar-refractivity contribution in [1.82, 2.24) is 14.9 Å². The van der Waals surface area contributed by atoms with Gasteiger partial charge in [-0.3, -0.25) is 4.79 Å². The molecular weight excluding hydrogens is 326 g/mol. The van der Waals surface area contributed by atoms with E-state index in [-0.39, 0.29) is 11.7 Å². The van der Waals surface area contributed by atoms with Crippen molar-refractivity contribution in [1.29, 1.82) is 0 Å². The number of anilines is 1. The number of carbonyl (C=O) groups excluding carboxylic acids is 1. The highest BCUT2D eigenvalue weighted by Gasteiger charge is 2.10. The molecule has 24 heavy (non-hydrogen) atoms. The summed E-state index contributed by atoms with van der Waals surface area (Å²) in [4.78, 5) is 12.1. The van der Waals surface area contributed by atoms with Crippen molar-refractivity contribution in [3.05, 3.63) is 48.8 Å². The fourth-order valence-electron chi connectivity index (χ4n) is 2.47. The van der Waals surface area contributed by atoms with Crippen LogP contribution in [0.1, 0.15) is 0 Å². The monoisotopic (exact) mass is 339 g/mol. The predicted molar refractivity (Wildman–Crippen MR) is 93.2 cm³/mol. The number of furan rings is 1. The fourth-order valence-corrected chi connectivity index (χ4v) is 3.10. The van der Waals surface area contributed by atoms with Crippen LogP contribution in [0.5, 0.6) is 0 Å². The summed E-state index contributed by atoms with van der Waals surface area (Å²) < 4.78 is 7.05. The van der Waals surface area contributed by atoms with Crippen LogP contribution in [0, 0.1) is 0 Å². The highest BCUT2D eigenvalue weighted by Crippen LogP contribution is 2.30. The molecule has 0 unspecified atom stereocenters. The number of carbonyl (C=O) groups is 1. The summed E-state index contributed by atoms with van der Waals surface area (Å²) >= 11 is 1.22. The van der Waals surface area contributed by atoms with Crippen LogP contribution in [0.25, 0.3) is 21.9 Å². The maximum absolute atomic E-state index is 12.1. The van der Waals surface area contributed by atoms with Gasteiger partial charge < -0.3 is 15.6 Å². The first-order chi connectivity index (χ1) is 11.7. The van der Waals surface area contributed by atoms with Crippen LogP contribution in [0.15, 0.2) is 58.4 Å². The number of nitrogens with two attached hydrogens (primary N) is 1. The molecule has 8 heteroatoms. The van der Waals surface area contributed by atoms with Gasteiger partial charge in [0.1, 0.15) is 17.5 Å². The second-order valence-corrected chi connectivity index (χ2v) is 6.11. The lowest BCUT2D eigenvalue weighted by Gasteiger charge is -2.05. The molecule has 0 atom stereocenters. The Labute approximate surface area is 140 Å². The molecule has 2 aromatic carbocycles. The Kier molecular flexibility index (Phi) is 3.58. The fraction of sp³-hybridized carbons (Fsp3) is 0.0625. The molecule has 0 fully saturated rings. The minimum atomic E-state index is -0.143. The normalized spacial score (nSPS) is 11.2. The largest absolute Gasteiger partial charge is 0.456 e. The molecule has 0 aliphatic rings. The van der Waals surface area contributed by atoms with Gasteiger partial charge in [-0.15, -0.1) is 10.2 Å². The van der Waals surface area contributed by atoms with E-state index in [1.807, 2.05) is 42.5 Å². The van der Waals surface area contributed by atoms with E-state index < -0.39 is 0 Å². The maximum atomic E-state index is 12.1. The van der Waals surface area contributed by atoms with E-state index in [9.17, 15) is 4.79 Å². The van der Waals surface area contributed by atoms with E-state index in [2.05, 4.69) is 15.5 Å². The Hall–Kier alpha value is -3.00. The first-order valence-corrected chi connectivity index (χ1v) is 8.18. The number of thioether (sulfide) groups is 1. The maximum Gasteiger partial charge on any atom is 0.234 e. The third-order valence-corrected chi connectivity index (χ3v) is 4.49. The number of amides is 1. The minimum absolute atomic E-state index is 0.143. The van der Waals surface area contributed by atoms with Crippen LogP contribution in [0.2, 0.25) is 0 Å². The number of fused-ring (bicyclic) bond motifs is 3. The zero-order valence-electron chi connectivity index (χ0n) is 12.5. The molecule has 0 aliphatic carbocycles. The average molecular weight is 339 g/mol. The quantitative estimate of drug-likeness (QED) is 0.438. The van der Waals surface area contributed by atoms with Crippen LogP contribution in [0.4, 0.5) is 5.69 Å². The number of nitrogens with zero attached hydrogens (tertiary/aromatic N) is 3. The van der Waals surface area contributed by atoms with Gasteiger partial charge in [-0.1, -0.05) is 30.0 Å². The first kappa shape index (κ1) is 14.6. The summed E-state index contributed by atoms with van der Waals surface area (Å²) in [5, 5.41) is 12.8. The predicted octanol–water partition coefficient (Wildman–Crippen LogP) is 2.62. The zero-order chi connectivity index (χ0) is 16.5. The zero-order valence-corrected chi connectivity index (χ0v) is 13.3. The molecule has 0 saturated carbocycles. The average Bonchev–Trinajstić information content (AvgIpc) is 3.16. The molecule has 7 nitrogen and oxygen atoms in total. The number of para-hydroxylation sites is 1. The Morgan fingerprint density at radius 2 is 2.04 bits per heavy atom. The van der Waals surface area contributed by atoms with Gasteiger partial charge in [-0.2, -0.15) is 0 Å². The number of nitrogens with one attached hydrogen (secondary N) is 1. The summed E-state index contributed by atoms with van der Waals surface area (Å²) in [5.74, 6) is 5.66. The van der Waals surface area contributed by atoms with Gasteiger partial charge in [0.25, 0.3) is 0 Å². The number of aromatic nitrogens is 3. The molecule has 0 saturated heterocycles. The van der Waals surface area contributed by atoms with Crippen LogP contribution in [-0.2, 0) is 4.79 Å². The third kappa shape index (κ3) is 2.67. The van der Waals surface area contributed by atoms with Crippen LogP contribution in [0.3, 0.4) is 0 Å². The van der Waals surface area contributed by atoms with Crippen LogP contribution in [-0.4, -0.2) is 26.5 Å². The van der Waals surface area contributed by atoms with E-state index in [0.717, 1.165) is 21.9 Å². The first-order valence-electron chi connectivity index (χ1n) is 7.20.